The van der Waals surface area contributed by atoms with Gasteiger partial charge in [-0.1, -0.05) is 18.1 Å². The number of likely N-dealkylation sites (N-methyl/N-ethyl adjacent to an activating group) is 1. The van der Waals surface area contributed by atoms with E-state index in [0.717, 1.165) is 38.6 Å². The van der Waals surface area contributed by atoms with Gasteiger partial charge in [0.15, 0.2) is 5.82 Å². The first-order valence-corrected chi connectivity index (χ1v) is 15.7. The third-order valence-electron chi connectivity index (χ3n) is 9.87. The summed E-state index contributed by atoms with van der Waals surface area (Å²) in [4.78, 5) is 13.8. The van der Waals surface area contributed by atoms with Gasteiger partial charge in [-0.25, -0.2) is 13.2 Å². The number of terminal acetylenes is 1. The Morgan fingerprint density at radius 1 is 1.16 bits per heavy atom. The number of anilines is 1. The quantitative estimate of drug-likeness (QED) is 0.226. The molecule has 4 aromatic rings. The Labute approximate surface area is 260 Å². The lowest BCUT2D eigenvalue weighted by molar-refractivity contribution is 0.107. The summed E-state index contributed by atoms with van der Waals surface area (Å²) in [6, 6.07) is 9.26. The number of phenolic OH excluding ortho intramolecular Hbond substituents is 1. The molecule has 0 radical (unpaired) electrons. The highest BCUT2D eigenvalue weighted by Gasteiger charge is 2.49. The van der Waals surface area contributed by atoms with Gasteiger partial charge in [0.2, 0.25) is 0 Å². The van der Waals surface area contributed by atoms with E-state index in [1.54, 1.807) is 12.1 Å². The second-order valence-corrected chi connectivity index (χ2v) is 12.6. The molecule has 2 N–H and O–H groups in total. The fraction of sp³-hybridized carbons (Fsp3) is 0.429. The number of aromatic nitrogens is 2. The Morgan fingerprint density at radius 3 is 2.76 bits per heavy atom. The second-order valence-electron chi connectivity index (χ2n) is 12.6. The topological polar surface area (TPSA) is 73.8 Å². The molecule has 234 valence electrons. The number of alkyl halides is 1. The number of hydrogen-bond acceptors (Lipinski definition) is 7. The Morgan fingerprint density at radius 2 is 2.00 bits per heavy atom. The molecule has 2 saturated heterocycles. The Bertz CT molecular complexity index is 1820. The summed E-state index contributed by atoms with van der Waals surface area (Å²) >= 11 is 0. The number of ether oxygens (including phenoxy) is 1. The van der Waals surface area contributed by atoms with Crippen LogP contribution in [0, 0.1) is 24.0 Å². The van der Waals surface area contributed by atoms with Gasteiger partial charge >= 0.3 is 6.01 Å². The molecule has 0 spiro atoms. The third kappa shape index (κ3) is 5.12. The Kier molecular flexibility index (Phi) is 7.70. The van der Waals surface area contributed by atoms with Crippen molar-refractivity contribution in [3.63, 3.8) is 0 Å². The molecule has 7 rings (SSSR count). The molecule has 3 heterocycles. The molecule has 0 unspecified atom stereocenters. The number of nitrogens with one attached hydrogen (secondary N) is 1. The van der Waals surface area contributed by atoms with Gasteiger partial charge in [0.25, 0.3) is 0 Å². The largest absolute Gasteiger partial charge is 0.508 e. The van der Waals surface area contributed by atoms with Crippen LogP contribution in [0.5, 0.6) is 11.8 Å². The minimum atomic E-state index is -0.910. The lowest BCUT2D eigenvalue weighted by Crippen LogP contribution is -2.44. The number of phenols is 1. The van der Waals surface area contributed by atoms with E-state index in [1.165, 1.54) is 24.3 Å². The summed E-state index contributed by atoms with van der Waals surface area (Å²) in [5.74, 6) is 1.60. The Hall–Kier alpha value is -4.07. The number of hydrogen-bond donors (Lipinski definition) is 2. The number of rotatable bonds is 9. The molecule has 0 amide bonds. The van der Waals surface area contributed by atoms with Crippen LogP contribution < -0.4 is 15.0 Å². The second kappa shape index (κ2) is 11.7. The van der Waals surface area contributed by atoms with Crippen molar-refractivity contribution in [2.24, 2.45) is 0 Å². The normalized spacial score (nSPS) is 21.6. The van der Waals surface area contributed by atoms with E-state index < -0.39 is 23.3 Å². The summed E-state index contributed by atoms with van der Waals surface area (Å²) in [7, 11) is 1.89. The van der Waals surface area contributed by atoms with Crippen LogP contribution in [-0.2, 0) is 0 Å². The van der Waals surface area contributed by atoms with Crippen molar-refractivity contribution in [2.45, 2.75) is 56.3 Å². The molecule has 2 atom stereocenters. The maximum Gasteiger partial charge on any atom is 0.319 e. The summed E-state index contributed by atoms with van der Waals surface area (Å²) in [6.07, 6.45) is 10.1. The van der Waals surface area contributed by atoms with Gasteiger partial charge in [0.05, 0.1) is 11.1 Å². The summed E-state index contributed by atoms with van der Waals surface area (Å²) < 4.78 is 52.4. The Balaban J connectivity index is 1.39. The first kappa shape index (κ1) is 29.6. The lowest BCUT2D eigenvalue weighted by Gasteiger charge is -2.39. The maximum absolute atomic E-state index is 16.9. The van der Waals surface area contributed by atoms with Crippen LogP contribution in [0.15, 0.2) is 36.4 Å². The zero-order valence-corrected chi connectivity index (χ0v) is 25.3. The molecule has 7 nitrogen and oxygen atoms in total. The fourth-order valence-corrected chi connectivity index (χ4v) is 7.44. The first-order valence-electron chi connectivity index (χ1n) is 15.7. The maximum atomic E-state index is 16.9. The van der Waals surface area contributed by atoms with Crippen molar-refractivity contribution in [3.8, 4) is 35.2 Å². The highest BCUT2D eigenvalue weighted by atomic mass is 19.1. The van der Waals surface area contributed by atoms with Crippen LogP contribution in [-0.4, -0.2) is 77.6 Å². The highest BCUT2D eigenvalue weighted by molar-refractivity contribution is 6.04. The monoisotopic (exact) mass is 615 g/mol. The van der Waals surface area contributed by atoms with E-state index in [4.69, 9.17) is 16.1 Å². The van der Waals surface area contributed by atoms with E-state index in [-0.39, 0.29) is 46.6 Å². The van der Waals surface area contributed by atoms with Gasteiger partial charge in [-0.3, -0.25) is 4.90 Å². The van der Waals surface area contributed by atoms with Crippen molar-refractivity contribution >= 4 is 27.5 Å². The van der Waals surface area contributed by atoms with Crippen molar-refractivity contribution in [3.05, 3.63) is 53.6 Å². The summed E-state index contributed by atoms with van der Waals surface area (Å²) in [5, 5.41) is 15.1. The van der Waals surface area contributed by atoms with Gasteiger partial charge in [0, 0.05) is 48.4 Å². The fourth-order valence-electron chi connectivity index (χ4n) is 7.44. The molecule has 2 aliphatic heterocycles. The van der Waals surface area contributed by atoms with Crippen LogP contribution in [0.25, 0.3) is 32.8 Å². The molecule has 3 aromatic carbocycles. The smallest absolute Gasteiger partial charge is 0.319 e. The van der Waals surface area contributed by atoms with Gasteiger partial charge < -0.3 is 20.1 Å². The van der Waals surface area contributed by atoms with E-state index in [1.807, 2.05) is 7.05 Å². The van der Waals surface area contributed by atoms with Gasteiger partial charge in [-0.15, -0.1) is 6.42 Å². The number of benzene rings is 3. The van der Waals surface area contributed by atoms with Crippen molar-refractivity contribution in [1.82, 2.24) is 20.2 Å². The van der Waals surface area contributed by atoms with Crippen molar-refractivity contribution < 1.29 is 23.0 Å². The molecule has 1 saturated carbocycles. The zero-order valence-electron chi connectivity index (χ0n) is 25.3. The lowest BCUT2D eigenvalue weighted by atomic mass is 9.91. The van der Waals surface area contributed by atoms with Gasteiger partial charge in [0.1, 0.15) is 35.7 Å². The minimum absolute atomic E-state index is 0.0132. The molecule has 10 heteroatoms. The van der Waals surface area contributed by atoms with Crippen LogP contribution >= 0.6 is 0 Å². The predicted molar refractivity (Wildman–Crippen MR) is 169 cm³/mol. The zero-order chi connectivity index (χ0) is 31.3. The standard InChI is InChI=1S/C35H36F3N5O2/c1-3-25-29(37)11-8-21-16-24(44)17-28(30(21)25)26-9-10-27-32(31(26)38)40-34(41-33(27)43(15-13-39-2)23-6-4-7-23)45-20-35-12-5-14-42(35)19-22(36)18-35/h1,8-11,16-17,22-23,39,44H,4-7,12-15,18-20H2,2H3/t22-,35+/m1/s1. The minimum Gasteiger partial charge on any atom is -0.508 e. The first-order chi connectivity index (χ1) is 21.8. The van der Waals surface area contributed by atoms with E-state index in [9.17, 15) is 13.9 Å². The van der Waals surface area contributed by atoms with E-state index >= 15 is 4.39 Å². The number of halogens is 3. The SMILES string of the molecule is C#Cc1c(F)ccc2cc(O)cc(-c3ccc4c(N(CCNC)C5CCC5)nc(OC[C@@]56CCCN5C[C@H](F)C6)nc4c3F)c12. The highest BCUT2D eigenvalue weighted by Crippen LogP contribution is 2.43. The van der Waals surface area contributed by atoms with Crippen LogP contribution in [0.4, 0.5) is 19.0 Å². The molecule has 3 fully saturated rings. The summed E-state index contributed by atoms with van der Waals surface area (Å²) in [5.41, 5.74) is -0.0179. The molecular formula is C35H36F3N5O2. The van der Waals surface area contributed by atoms with Crippen molar-refractivity contribution in [2.75, 3.05) is 44.7 Å². The van der Waals surface area contributed by atoms with Crippen LogP contribution in [0.3, 0.4) is 0 Å². The number of nitrogens with zero attached hydrogens (tertiary/aromatic N) is 4. The van der Waals surface area contributed by atoms with E-state index in [0.29, 0.717) is 48.0 Å². The third-order valence-corrected chi connectivity index (χ3v) is 9.87. The average Bonchev–Trinajstić information content (AvgIpc) is 3.52. The average molecular weight is 616 g/mol. The molecule has 0 bridgehead atoms. The predicted octanol–water partition coefficient (Wildman–Crippen LogP) is 5.95. The van der Waals surface area contributed by atoms with E-state index in [2.05, 4.69) is 26.0 Å². The molecular weight excluding hydrogens is 579 g/mol. The van der Waals surface area contributed by atoms with Crippen molar-refractivity contribution in [1.29, 1.82) is 0 Å². The molecule has 1 aliphatic carbocycles. The molecule has 3 aliphatic rings. The summed E-state index contributed by atoms with van der Waals surface area (Å²) in [6.45, 7) is 2.78. The van der Waals surface area contributed by atoms with Gasteiger partial charge in [-0.2, -0.15) is 9.97 Å². The van der Waals surface area contributed by atoms with Crippen LogP contribution in [0.2, 0.25) is 0 Å². The van der Waals surface area contributed by atoms with Gasteiger partial charge in [-0.05, 0) is 80.9 Å². The van der Waals surface area contributed by atoms with Crippen LogP contribution in [0.1, 0.15) is 44.1 Å². The number of fused-ring (bicyclic) bond motifs is 3. The number of aromatic hydroxyl groups is 1. The molecule has 1 aromatic heterocycles. The molecule has 45 heavy (non-hydrogen) atoms.